The van der Waals surface area contributed by atoms with E-state index < -0.39 is 12.2 Å². The maximum atomic E-state index is 11.8. The number of β-amino-alcohol motifs (C(OH)–C–C–N with tert-alkyl or cyclic N) is 2. The van der Waals surface area contributed by atoms with Gasteiger partial charge in [0.1, 0.15) is 5.75 Å². The van der Waals surface area contributed by atoms with Crippen LogP contribution in [0.15, 0.2) is 30.3 Å². The third-order valence-electron chi connectivity index (χ3n) is 3.10. The lowest BCUT2D eigenvalue weighted by Gasteiger charge is -2.12. The van der Waals surface area contributed by atoms with E-state index in [0.717, 1.165) is 11.3 Å². The number of carbonyl (C=O) groups is 1. The van der Waals surface area contributed by atoms with Crippen molar-refractivity contribution < 1.29 is 19.7 Å². The van der Waals surface area contributed by atoms with Crippen molar-refractivity contribution in [3.63, 3.8) is 0 Å². The lowest BCUT2D eigenvalue weighted by atomic mass is 10.2. The number of aliphatic hydroxyl groups is 2. The van der Waals surface area contributed by atoms with E-state index >= 15 is 0 Å². The summed E-state index contributed by atoms with van der Waals surface area (Å²) in [5, 5.41) is 18.8. The maximum Gasteiger partial charge on any atom is 0.246 e. The van der Waals surface area contributed by atoms with E-state index in [1.807, 2.05) is 24.3 Å². The van der Waals surface area contributed by atoms with Gasteiger partial charge in [0.2, 0.25) is 5.91 Å². The summed E-state index contributed by atoms with van der Waals surface area (Å²) in [7, 11) is 1.60. The first-order chi connectivity index (χ1) is 9.10. The van der Waals surface area contributed by atoms with E-state index in [-0.39, 0.29) is 19.0 Å². The molecule has 1 aromatic carbocycles. The van der Waals surface area contributed by atoms with Crippen molar-refractivity contribution in [3.05, 3.63) is 35.9 Å². The number of ether oxygens (including phenoxy) is 1. The Balaban J connectivity index is 1.96. The second kappa shape index (κ2) is 5.86. The highest BCUT2D eigenvalue weighted by Crippen LogP contribution is 2.14. The molecule has 2 rings (SSSR count). The average Bonchev–Trinajstić information content (AvgIpc) is 2.77. The van der Waals surface area contributed by atoms with Crippen LogP contribution in [0.1, 0.15) is 5.56 Å². The first-order valence-corrected chi connectivity index (χ1v) is 6.07. The Morgan fingerprint density at radius 3 is 2.37 bits per heavy atom. The predicted molar refractivity (Wildman–Crippen MR) is 70.6 cm³/mol. The van der Waals surface area contributed by atoms with Gasteiger partial charge in [-0.3, -0.25) is 4.79 Å². The van der Waals surface area contributed by atoms with Gasteiger partial charge in [-0.25, -0.2) is 0 Å². The van der Waals surface area contributed by atoms with Gasteiger partial charge in [-0.1, -0.05) is 12.1 Å². The lowest BCUT2D eigenvalue weighted by molar-refractivity contribution is -0.125. The Labute approximate surface area is 111 Å². The average molecular weight is 263 g/mol. The van der Waals surface area contributed by atoms with Gasteiger partial charge in [-0.05, 0) is 23.8 Å². The molecule has 5 nitrogen and oxygen atoms in total. The molecule has 1 aliphatic heterocycles. The van der Waals surface area contributed by atoms with Crippen molar-refractivity contribution in [2.45, 2.75) is 12.2 Å². The topological polar surface area (TPSA) is 70.0 Å². The van der Waals surface area contributed by atoms with Gasteiger partial charge in [0, 0.05) is 19.2 Å². The molecule has 0 unspecified atom stereocenters. The smallest absolute Gasteiger partial charge is 0.246 e. The Morgan fingerprint density at radius 1 is 1.26 bits per heavy atom. The van der Waals surface area contributed by atoms with Crippen LogP contribution >= 0.6 is 0 Å². The van der Waals surface area contributed by atoms with Crippen molar-refractivity contribution in [1.29, 1.82) is 0 Å². The van der Waals surface area contributed by atoms with Gasteiger partial charge in [0.25, 0.3) is 0 Å². The monoisotopic (exact) mass is 263 g/mol. The van der Waals surface area contributed by atoms with Crippen LogP contribution in [-0.4, -0.2) is 53.4 Å². The Hall–Kier alpha value is -1.85. The molecule has 0 saturated carbocycles. The molecule has 0 radical (unpaired) electrons. The molecular formula is C14H17NO4. The number of hydrogen-bond acceptors (Lipinski definition) is 4. The minimum Gasteiger partial charge on any atom is -0.497 e. The number of amides is 1. The molecule has 1 aliphatic rings. The first kappa shape index (κ1) is 13.6. The van der Waals surface area contributed by atoms with Crippen molar-refractivity contribution in [2.75, 3.05) is 20.2 Å². The van der Waals surface area contributed by atoms with Gasteiger partial charge in [-0.2, -0.15) is 0 Å². The molecule has 1 aromatic rings. The summed E-state index contributed by atoms with van der Waals surface area (Å²) >= 11 is 0. The maximum absolute atomic E-state index is 11.8. The third kappa shape index (κ3) is 3.33. The van der Waals surface area contributed by atoms with Gasteiger partial charge in [-0.15, -0.1) is 0 Å². The SMILES string of the molecule is COc1ccc(C=CC(=O)N2C[C@@H](O)[C@@H](O)C2)cc1. The van der Waals surface area contributed by atoms with Crippen molar-refractivity contribution >= 4 is 12.0 Å². The van der Waals surface area contributed by atoms with E-state index in [0.29, 0.717) is 0 Å². The standard InChI is InChI=1S/C14H17NO4/c1-19-11-5-2-10(3-6-11)4-7-14(18)15-8-12(16)13(17)9-15/h2-7,12-13,16-17H,8-9H2,1H3/t12-,13+. The van der Waals surface area contributed by atoms with Gasteiger partial charge < -0.3 is 19.8 Å². The highest BCUT2D eigenvalue weighted by atomic mass is 16.5. The highest BCUT2D eigenvalue weighted by molar-refractivity contribution is 5.92. The minimum absolute atomic E-state index is 0.174. The number of hydrogen-bond donors (Lipinski definition) is 2. The number of methoxy groups -OCH3 is 1. The van der Waals surface area contributed by atoms with Gasteiger partial charge in [0.15, 0.2) is 0 Å². The number of nitrogens with zero attached hydrogens (tertiary/aromatic N) is 1. The second-order valence-electron chi connectivity index (χ2n) is 4.48. The Bertz CT molecular complexity index is 459. The molecule has 1 fully saturated rings. The zero-order valence-electron chi connectivity index (χ0n) is 10.7. The van der Waals surface area contributed by atoms with Crippen molar-refractivity contribution in [2.24, 2.45) is 0 Å². The highest BCUT2D eigenvalue weighted by Gasteiger charge is 2.31. The molecular weight excluding hydrogens is 246 g/mol. The summed E-state index contributed by atoms with van der Waals surface area (Å²) < 4.78 is 5.04. The summed E-state index contributed by atoms with van der Waals surface area (Å²) in [6.07, 6.45) is 1.43. The molecule has 19 heavy (non-hydrogen) atoms. The normalized spacial score (nSPS) is 23.0. The summed E-state index contributed by atoms with van der Waals surface area (Å²) in [6.45, 7) is 0.347. The molecule has 0 bridgehead atoms. The molecule has 1 saturated heterocycles. The quantitative estimate of drug-likeness (QED) is 0.768. The fourth-order valence-electron chi connectivity index (χ4n) is 1.94. The molecule has 5 heteroatoms. The molecule has 0 aromatic heterocycles. The number of likely N-dealkylation sites (tertiary alicyclic amines) is 1. The van der Waals surface area contributed by atoms with E-state index in [9.17, 15) is 15.0 Å². The summed E-state index contributed by atoms with van der Waals surface area (Å²) in [5.74, 6) is 0.542. The van der Waals surface area contributed by atoms with Crippen LogP contribution in [0.5, 0.6) is 5.75 Å². The van der Waals surface area contributed by atoms with Crippen LogP contribution < -0.4 is 4.74 Å². The number of aliphatic hydroxyl groups excluding tert-OH is 2. The van der Waals surface area contributed by atoms with Crippen LogP contribution in [0.2, 0.25) is 0 Å². The molecule has 0 spiro atoms. The molecule has 2 atom stereocenters. The second-order valence-corrected chi connectivity index (χ2v) is 4.48. The molecule has 0 aliphatic carbocycles. The van der Waals surface area contributed by atoms with Crippen LogP contribution in [0.25, 0.3) is 6.08 Å². The Morgan fingerprint density at radius 2 is 1.84 bits per heavy atom. The molecule has 102 valence electrons. The minimum atomic E-state index is -0.849. The van der Waals surface area contributed by atoms with E-state index in [1.165, 1.54) is 11.0 Å². The summed E-state index contributed by atoms with van der Waals surface area (Å²) in [4.78, 5) is 13.3. The largest absolute Gasteiger partial charge is 0.497 e. The predicted octanol–water partition coefficient (Wildman–Crippen LogP) is 0.272. The fourth-order valence-corrected chi connectivity index (χ4v) is 1.94. The molecule has 2 N–H and O–H groups in total. The zero-order valence-corrected chi connectivity index (χ0v) is 10.7. The zero-order chi connectivity index (χ0) is 13.8. The molecule has 1 amide bonds. The number of carbonyl (C=O) groups excluding carboxylic acids is 1. The lowest BCUT2D eigenvalue weighted by Crippen LogP contribution is -2.27. The van der Waals surface area contributed by atoms with E-state index in [4.69, 9.17) is 4.74 Å². The number of rotatable bonds is 3. The van der Waals surface area contributed by atoms with Gasteiger partial charge >= 0.3 is 0 Å². The van der Waals surface area contributed by atoms with Crippen molar-refractivity contribution in [1.82, 2.24) is 4.90 Å². The fraction of sp³-hybridized carbons (Fsp3) is 0.357. The first-order valence-electron chi connectivity index (χ1n) is 6.07. The van der Waals surface area contributed by atoms with Crippen LogP contribution in [0.4, 0.5) is 0 Å². The van der Waals surface area contributed by atoms with E-state index in [2.05, 4.69) is 0 Å². The van der Waals surface area contributed by atoms with E-state index in [1.54, 1.807) is 13.2 Å². The van der Waals surface area contributed by atoms with Gasteiger partial charge in [0.05, 0.1) is 19.3 Å². The summed E-state index contributed by atoms with van der Waals surface area (Å²) in [6, 6.07) is 7.31. The molecule has 1 heterocycles. The summed E-state index contributed by atoms with van der Waals surface area (Å²) in [5.41, 5.74) is 0.884. The van der Waals surface area contributed by atoms with Crippen LogP contribution in [-0.2, 0) is 4.79 Å². The third-order valence-corrected chi connectivity index (χ3v) is 3.10. The Kier molecular flexibility index (Phi) is 4.19. The van der Waals surface area contributed by atoms with Crippen LogP contribution in [0, 0.1) is 0 Å². The number of benzene rings is 1. The van der Waals surface area contributed by atoms with Crippen molar-refractivity contribution in [3.8, 4) is 5.75 Å². The van der Waals surface area contributed by atoms with Crippen LogP contribution in [0.3, 0.4) is 0 Å².